The fraction of sp³-hybridized carbons (Fsp3) is 0. The van der Waals surface area contributed by atoms with Crippen LogP contribution in [0.3, 0.4) is 0 Å². The molecule has 14 aromatic carbocycles. The summed E-state index contributed by atoms with van der Waals surface area (Å²) >= 11 is 1.94. The van der Waals surface area contributed by atoms with Gasteiger partial charge in [-0.3, -0.25) is 0 Å². The number of benzene rings is 14. The van der Waals surface area contributed by atoms with Gasteiger partial charge in [0.15, 0.2) is 0 Å². The minimum absolute atomic E-state index is 0.146. The lowest BCUT2D eigenvalue weighted by Crippen LogP contribution is -2.64. The van der Waals surface area contributed by atoms with E-state index < -0.39 is 0 Å². The van der Waals surface area contributed by atoms with Gasteiger partial charge in [-0.2, -0.15) is 0 Å². The Labute approximate surface area is 537 Å². The standard InChI is InChI=1S/C84H52B2N4OS/c1-6-27-53(28-7-1)58-37-16-21-44-67(58)89-70-50-71-66(49-65(70)86-64-43-20-25-48-77(64)92-84-78-61-38-17-22-45-68(61)87(56-33-12-4-13-34-56)72(78)51-73(89)81(84)86)85-63-42-19-23-46-69(63)88(57-35-14-5-15-36-57)83-79-62-39-18-24-47-75(62)91-76(79)52-74(80(83)85)90(71)82-59(54-29-8-2-9-30-54)40-26-41-60(82)55-31-10-3-11-32-55/h1-52H. The van der Waals surface area contributed by atoms with E-state index in [0.717, 1.165) is 107 Å². The Kier molecular flexibility index (Phi) is 11.2. The highest BCUT2D eigenvalue weighted by atomic mass is 32.2. The van der Waals surface area contributed by atoms with Gasteiger partial charge in [0.05, 0.1) is 33.5 Å². The van der Waals surface area contributed by atoms with Crippen molar-refractivity contribution in [1.82, 2.24) is 4.57 Å². The highest BCUT2D eigenvalue weighted by Crippen LogP contribution is 2.56. The summed E-state index contributed by atoms with van der Waals surface area (Å²) < 4.78 is 9.77. The lowest BCUT2D eigenvalue weighted by atomic mass is 9.30. The zero-order valence-corrected chi connectivity index (χ0v) is 50.6. The number of aromatic nitrogens is 1. The molecule has 0 aliphatic carbocycles. The molecule has 0 fully saturated rings. The van der Waals surface area contributed by atoms with E-state index in [1.54, 1.807) is 0 Å². The topological polar surface area (TPSA) is 27.8 Å². The molecule has 0 N–H and O–H groups in total. The molecule has 4 aliphatic heterocycles. The van der Waals surface area contributed by atoms with Crippen molar-refractivity contribution in [2.24, 2.45) is 0 Å². The van der Waals surface area contributed by atoms with Crippen molar-refractivity contribution in [1.29, 1.82) is 0 Å². The molecule has 0 unspecified atom stereocenters. The number of rotatable bonds is 7. The fourth-order valence-corrected chi connectivity index (χ4v) is 17.4. The minimum atomic E-state index is -0.222. The molecule has 0 radical (unpaired) electrons. The summed E-state index contributed by atoms with van der Waals surface area (Å²) in [4.78, 5) is 10.4. The molecule has 0 spiro atoms. The van der Waals surface area contributed by atoms with Crippen LogP contribution >= 0.6 is 11.8 Å². The Morgan fingerprint density at radius 3 is 1.54 bits per heavy atom. The van der Waals surface area contributed by atoms with Gasteiger partial charge in [0.1, 0.15) is 11.2 Å². The van der Waals surface area contributed by atoms with Gasteiger partial charge >= 0.3 is 0 Å². The Morgan fingerprint density at radius 1 is 0.293 bits per heavy atom. The summed E-state index contributed by atoms with van der Waals surface area (Å²) in [5.74, 6) is 0. The van der Waals surface area contributed by atoms with Gasteiger partial charge in [0.25, 0.3) is 6.71 Å². The second-order valence-electron chi connectivity index (χ2n) is 24.5. The van der Waals surface area contributed by atoms with Crippen LogP contribution in [0.1, 0.15) is 0 Å². The lowest BCUT2D eigenvalue weighted by Gasteiger charge is -2.47. The third-order valence-corrected chi connectivity index (χ3v) is 21.0. The molecule has 0 saturated heterocycles. The van der Waals surface area contributed by atoms with E-state index in [2.05, 4.69) is 335 Å². The van der Waals surface area contributed by atoms with E-state index in [1.807, 2.05) is 11.8 Å². The molecule has 0 bridgehead atoms. The highest BCUT2D eigenvalue weighted by Gasteiger charge is 2.49. The smallest absolute Gasteiger partial charge is 0.252 e. The normalized spacial score (nSPS) is 13.3. The van der Waals surface area contributed by atoms with E-state index in [0.29, 0.717) is 0 Å². The largest absolute Gasteiger partial charge is 0.456 e. The number of anilines is 9. The first-order chi connectivity index (χ1) is 45.7. The van der Waals surface area contributed by atoms with Gasteiger partial charge in [-0.05, 0) is 111 Å². The number of furan rings is 1. The minimum Gasteiger partial charge on any atom is -0.456 e. The third kappa shape index (κ3) is 7.35. The third-order valence-electron chi connectivity index (χ3n) is 19.8. The van der Waals surface area contributed by atoms with Crippen LogP contribution in [0.2, 0.25) is 0 Å². The molecular weight excluding hydrogens is 1130 g/mol. The molecule has 426 valence electrons. The van der Waals surface area contributed by atoms with E-state index in [9.17, 15) is 0 Å². The van der Waals surface area contributed by atoms with Crippen molar-refractivity contribution in [2.45, 2.75) is 9.79 Å². The van der Waals surface area contributed by atoms with Crippen molar-refractivity contribution in [3.8, 4) is 39.1 Å². The zero-order chi connectivity index (χ0) is 60.1. The molecular formula is C84H52B2N4OS. The summed E-state index contributed by atoms with van der Waals surface area (Å²) in [6.45, 7) is -0.368. The molecule has 4 aliphatic rings. The maximum Gasteiger partial charge on any atom is 0.252 e. The summed E-state index contributed by atoms with van der Waals surface area (Å²) in [5.41, 5.74) is 29.7. The van der Waals surface area contributed by atoms with Crippen molar-refractivity contribution >= 4 is 153 Å². The lowest BCUT2D eigenvalue weighted by molar-refractivity contribution is 0.669. The van der Waals surface area contributed by atoms with Crippen LogP contribution in [0.5, 0.6) is 0 Å². The predicted molar refractivity (Wildman–Crippen MR) is 388 cm³/mol. The number of fused-ring (bicyclic) bond motifs is 16. The van der Waals surface area contributed by atoms with E-state index in [-0.39, 0.29) is 13.4 Å². The first-order valence-corrected chi connectivity index (χ1v) is 32.5. The fourth-order valence-electron chi connectivity index (χ4n) is 16.1. The average Bonchev–Trinajstić information content (AvgIpc) is 1.21. The highest BCUT2D eigenvalue weighted by molar-refractivity contribution is 8.00. The quantitative estimate of drug-likeness (QED) is 0.148. The molecule has 2 aromatic heterocycles. The SMILES string of the molecule is c1ccc(-c2ccccc2N2c3cc4c(cc3B3c5ccccc5Sc5c3c2cc2c5c3ccccc3n2-c2ccccc2)B2c3ccccc3N(c3ccccc3)c3c2c(cc2oc5ccccc5c32)N4c2c(-c3ccccc3)cccc2-c2ccccc2)cc1. The maximum absolute atomic E-state index is 7.27. The Balaban J connectivity index is 0.988. The molecule has 16 aromatic rings. The molecule has 20 rings (SSSR count). The molecule has 0 saturated carbocycles. The van der Waals surface area contributed by atoms with Gasteiger partial charge in [-0.15, -0.1) is 0 Å². The van der Waals surface area contributed by atoms with E-state index >= 15 is 0 Å². The maximum atomic E-state index is 7.27. The second kappa shape index (κ2) is 20.0. The monoisotopic (exact) mass is 1190 g/mol. The zero-order valence-electron chi connectivity index (χ0n) is 49.8. The molecule has 0 atom stereocenters. The van der Waals surface area contributed by atoms with Crippen LogP contribution in [0.4, 0.5) is 51.2 Å². The Hall–Kier alpha value is -11.4. The van der Waals surface area contributed by atoms with Crippen LogP contribution in [0.15, 0.2) is 330 Å². The average molecular weight is 1190 g/mol. The van der Waals surface area contributed by atoms with Crippen molar-refractivity contribution in [3.63, 3.8) is 0 Å². The van der Waals surface area contributed by atoms with Crippen molar-refractivity contribution in [2.75, 3.05) is 14.7 Å². The number of hydrogen-bond acceptors (Lipinski definition) is 5. The molecule has 6 heterocycles. The summed E-state index contributed by atoms with van der Waals surface area (Å²) in [5, 5.41) is 4.71. The summed E-state index contributed by atoms with van der Waals surface area (Å²) in [7, 11) is 0. The molecule has 0 amide bonds. The molecule has 5 nitrogen and oxygen atoms in total. The van der Waals surface area contributed by atoms with E-state index in [4.69, 9.17) is 4.42 Å². The van der Waals surface area contributed by atoms with Crippen molar-refractivity contribution < 1.29 is 4.42 Å². The predicted octanol–water partition coefficient (Wildman–Crippen LogP) is 18.5. The number of hydrogen-bond donors (Lipinski definition) is 0. The van der Waals surface area contributed by atoms with Crippen LogP contribution in [0, 0.1) is 0 Å². The summed E-state index contributed by atoms with van der Waals surface area (Å²) in [6.07, 6.45) is 0. The number of nitrogens with zero attached hydrogens (tertiary/aromatic N) is 4. The molecule has 92 heavy (non-hydrogen) atoms. The van der Waals surface area contributed by atoms with E-state index in [1.165, 1.54) is 70.1 Å². The van der Waals surface area contributed by atoms with Crippen LogP contribution in [0.25, 0.3) is 82.8 Å². The Bertz CT molecular complexity index is 5660. The van der Waals surface area contributed by atoms with Crippen LogP contribution in [-0.2, 0) is 0 Å². The first-order valence-electron chi connectivity index (χ1n) is 31.7. The van der Waals surface area contributed by atoms with Crippen LogP contribution < -0.4 is 47.5 Å². The van der Waals surface area contributed by atoms with Gasteiger partial charge in [0, 0.05) is 88.5 Å². The van der Waals surface area contributed by atoms with Gasteiger partial charge in [0.2, 0.25) is 6.71 Å². The van der Waals surface area contributed by atoms with Crippen LogP contribution in [-0.4, -0.2) is 18.0 Å². The summed E-state index contributed by atoms with van der Waals surface area (Å²) in [6, 6.07) is 117. The van der Waals surface area contributed by atoms with Crippen molar-refractivity contribution in [3.05, 3.63) is 315 Å². The van der Waals surface area contributed by atoms with Gasteiger partial charge in [-0.1, -0.05) is 260 Å². The molecule has 8 heteroatoms. The number of para-hydroxylation sites is 7. The Morgan fingerprint density at radius 2 is 0.826 bits per heavy atom. The first kappa shape index (κ1) is 51.4. The van der Waals surface area contributed by atoms with Gasteiger partial charge in [-0.25, -0.2) is 0 Å². The van der Waals surface area contributed by atoms with Gasteiger partial charge < -0.3 is 23.7 Å². The second-order valence-corrected chi connectivity index (χ2v) is 25.6.